The standard InChI is InChI=1S/C26H31NO5/c1-5-6-9-16-27-23(18-12-14-19(15-13-18)32-17(2)3)22(25(29)26(27)30)24(28)20-10-7-8-11-21(20)31-4/h7-8,10-15,17,23,28H,5-6,9,16H2,1-4H3/b24-22-. The Morgan fingerprint density at radius 1 is 1.06 bits per heavy atom. The lowest BCUT2D eigenvalue weighted by atomic mass is 9.95. The van der Waals surface area contributed by atoms with E-state index in [4.69, 9.17) is 9.47 Å². The van der Waals surface area contributed by atoms with Crippen LogP contribution in [0.1, 0.15) is 57.2 Å². The molecule has 0 spiro atoms. The van der Waals surface area contributed by atoms with E-state index in [1.165, 1.54) is 7.11 Å². The third-order valence-corrected chi connectivity index (χ3v) is 5.47. The first-order valence-corrected chi connectivity index (χ1v) is 11.1. The van der Waals surface area contributed by atoms with E-state index in [1.54, 1.807) is 29.2 Å². The minimum absolute atomic E-state index is 0.0334. The van der Waals surface area contributed by atoms with Gasteiger partial charge in [0.1, 0.15) is 17.3 Å². The molecule has 1 N–H and O–H groups in total. The number of ketones is 1. The van der Waals surface area contributed by atoms with Crippen molar-refractivity contribution >= 4 is 17.4 Å². The Balaban J connectivity index is 2.11. The van der Waals surface area contributed by atoms with E-state index >= 15 is 0 Å². The minimum atomic E-state index is -0.683. The molecule has 6 heteroatoms. The topological polar surface area (TPSA) is 76.1 Å². The fourth-order valence-corrected chi connectivity index (χ4v) is 3.98. The van der Waals surface area contributed by atoms with Crippen molar-refractivity contribution < 1.29 is 24.2 Å². The van der Waals surface area contributed by atoms with Crippen LogP contribution in [0.2, 0.25) is 0 Å². The first-order chi connectivity index (χ1) is 15.4. The summed E-state index contributed by atoms with van der Waals surface area (Å²) in [7, 11) is 1.50. The van der Waals surface area contributed by atoms with Crippen LogP contribution >= 0.6 is 0 Å². The molecular formula is C26H31NO5. The summed E-state index contributed by atoms with van der Waals surface area (Å²) in [6.07, 6.45) is 2.76. The lowest BCUT2D eigenvalue weighted by molar-refractivity contribution is -0.139. The Morgan fingerprint density at radius 2 is 1.75 bits per heavy atom. The van der Waals surface area contributed by atoms with Gasteiger partial charge < -0.3 is 19.5 Å². The number of hydrogen-bond donors (Lipinski definition) is 1. The van der Waals surface area contributed by atoms with E-state index in [9.17, 15) is 14.7 Å². The molecule has 1 unspecified atom stereocenters. The van der Waals surface area contributed by atoms with Crippen molar-refractivity contribution in [2.45, 2.75) is 52.2 Å². The van der Waals surface area contributed by atoms with Gasteiger partial charge in [0.25, 0.3) is 11.7 Å². The van der Waals surface area contributed by atoms with Crippen LogP contribution in [0.3, 0.4) is 0 Å². The summed E-state index contributed by atoms with van der Waals surface area (Å²) in [6.45, 7) is 6.42. The van der Waals surface area contributed by atoms with Crippen molar-refractivity contribution in [2.24, 2.45) is 0 Å². The first kappa shape index (κ1) is 23.4. The lowest BCUT2D eigenvalue weighted by Gasteiger charge is -2.25. The maximum Gasteiger partial charge on any atom is 0.295 e. The maximum atomic E-state index is 13.1. The first-order valence-electron chi connectivity index (χ1n) is 11.1. The van der Waals surface area contributed by atoms with Crippen LogP contribution in [-0.4, -0.2) is 41.5 Å². The molecule has 1 aliphatic heterocycles. The summed E-state index contributed by atoms with van der Waals surface area (Å²) in [5, 5.41) is 11.2. The van der Waals surface area contributed by atoms with Crippen LogP contribution in [0.4, 0.5) is 0 Å². The van der Waals surface area contributed by atoms with Gasteiger partial charge in [-0.05, 0) is 50.1 Å². The zero-order valence-electron chi connectivity index (χ0n) is 19.1. The summed E-state index contributed by atoms with van der Waals surface area (Å²) < 4.78 is 11.1. The SMILES string of the molecule is CCCCCN1C(=O)C(=O)/C(=C(\O)c2ccccc2OC)C1c1ccc(OC(C)C)cc1. The predicted octanol–water partition coefficient (Wildman–Crippen LogP) is 5.09. The number of unbranched alkanes of at least 4 members (excludes halogenated alkanes) is 2. The summed E-state index contributed by atoms with van der Waals surface area (Å²) >= 11 is 0. The van der Waals surface area contributed by atoms with Gasteiger partial charge >= 0.3 is 0 Å². The Morgan fingerprint density at radius 3 is 2.38 bits per heavy atom. The number of Topliss-reactive ketones (excluding diaryl/α,β-unsaturated/α-hetero) is 1. The van der Waals surface area contributed by atoms with Gasteiger partial charge in [-0.25, -0.2) is 0 Å². The van der Waals surface area contributed by atoms with Gasteiger partial charge in [-0.3, -0.25) is 9.59 Å². The highest BCUT2D eigenvalue weighted by Crippen LogP contribution is 2.41. The minimum Gasteiger partial charge on any atom is -0.507 e. The number of aliphatic hydroxyl groups is 1. The smallest absolute Gasteiger partial charge is 0.295 e. The summed E-state index contributed by atoms with van der Waals surface area (Å²) in [5.41, 5.74) is 1.20. The van der Waals surface area contributed by atoms with Crippen LogP contribution in [-0.2, 0) is 9.59 Å². The molecular weight excluding hydrogens is 406 g/mol. The average Bonchev–Trinajstić information content (AvgIpc) is 3.04. The Hall–Kier alpha value is -3.28. The van der Waals surface area contributed by atoms with Gasteiger partial charge in [0.05, 0.1) is 30.4 Å². The molecule has 2 aromatic carbocycles. The number of methoxy groups -OCH3 is 1. The predicted molar refractivity (Wildman–Crippen MR) is 124 cm³/mol. The van der Waals surface area contributed by atoms with Crippen LogP contribution in [0.5, 0.6) is 11.5 Å². The monoisotopic (exact) mass is 437 g/mol. The molecule has 1 heterocycles. The second kappa shape index (κ2) is 10.4. The summed E-state index contributed by atoms with van der Waals surface area (Å²) in [5.74, 6) is -0.369. The van der Waals surface area contributed by atoms with Crippen LogP contribution in [0.15, 0.2) is 54.1 Å². The number of aliphatic hydroxyl groups excluding tert-OH is 1. The fourth-order valence-electron chi connectivity index (χ4n) is 3.98. The molecule has 0 bridgehead atoms. The molecule has 3 rings (SSSR count). The van der Waals surface area contributed by atoms with Crippen molar-refractivity contribution in [3.63, 3.8) is 0 Å². The van der Waals surface area contributed by atoms with Crippen molar-refractivity contribution in [1.82, 2.24) is 4.90 Å². The third-order valence-electron chi connectivity index (χ3n) is 5.47. The fraction of sp³-hybridized carbons (Fsp3) is 0.385. The number of rotatable bonds is 9. The molecule has 32 heavy (non-hydrogen) atoms. The molecule has 0 aliphatic carbocycles. The number of hydrogen-bond acceptors (Lipinski definition) is 5. The number of nitrogens with zero attached hydrogens (tertiary/aromatic N) is 1. The average molecular weight is 438 g/mol. The molecule has 0 saturated carbocycles. The van der Waals surface area contributed by atoms with E-state index in [2.05, 4.69) is 6.92 Å². The normalized spacial score (nSPS) is 17.8. The van der Waals surface area contributed by atoms with Gasteiger partial charge in [0, 0.05) is 6.54 Å². The molecule has 0 aromatic heterocycles. The van der Waals surface area contributed by atoms with E-state index < -0.39 is 17.7 Å². The van der Waals surface area contributed by atoms with Crippen LogP contribution < -0.4 is 9.47 Å². The highest BCUT2D eigenvalue weighted by molar-refractivity contribution is 6.46. The molecule has 1 fully saturated rings. The number of ether oxygens (including phenoxy) is 2. The van der Waals surface area contributed by atoms with E-state index in [-0.39, 0.29) is 17.4 Å². The van der Waals surface area contributed by atoms with E-state index in [0.29, 0.717) is 23.6 Å². The van der Waals surface area contributed by atoms with Crippen LogP contribution in [0, 0.1) is 0 Å². The van der Waals surface area contributed by atoms with Crippen molar-refractivity contribution in [2.75, 3.05) is 13.7 Å². The Labute approximate surface area is 189 Å². The summed E-state index contributed by atoms with van der Waals surface area (Å²) in [4.78, 5) is 27.6. The second-order valence-corrected chi connectivity index (χ2v) is 8.14. The number of amides is 1. The Bertz CT molecular complexity index is 994. The molecule has 1 saturated heterocycles. The largest absolute Gasteiger partial charge is 0.507 e. The van der Waals surface area contributed by atoms with Gasteiger partial charge in [-0.15, -0.1) is 0 Å². The van der Waals surface area contributed by atoms with E-state index in [0.717, 1.165) is 24.8 Å². The van der Waals surface area contributed by atoms with Crippen molar-refractivity contribution in [3.05, 3.63) is 65.2 Å². The Kier molecular flexibility index (Phi) is 7.57. The molecule has 1 amide bonds. The summed E-state index contributed by atoms with van der Waals surface area (Å²) in [6, 6.07) is 13.6. The second-order valence-electron chi connectivity index (χ2n) is 8.14. The number of carbonyl (C=O) groups excluding carboxylic acids is 2. The van der Waals surface area contributed by atoms with Gasteiger partial charge in [0.2, 0.25) is 0 Å². The highest BCUT2D eigenvalue weighted by Gasteiger charge is 2.46. The van der Waals surface area contributed by atoms with Gasteiger partial charge in [-0.2, -0.15) is 0 Å². The van der Waals surface area contributed by atoms with Gasteiger partial charge in [-0.1, -0.05) is 44.0 Å². The quantitative estimate of drug-likeness (QED) is 0.256. The molecule has 1 aliphatic rings. The van der Waals surface area contributed by atoms with Crippen molar-refractivity contribution in [1.29, 1.82) is 0 Å². The zero-order chi connectivity index (χ0) is 23.3. The molecule has 6 nitrogen and oxygen atoms in total. The molecule has 2 aromatic rings. The zero-order valence-corrected chi connectivity index (χ0v) is 19.1. The third kappa shape index (κ3) is 4.79. The number of likely N-dealkylation sites (tertiary alicyclic amines) is 1. The number of carbonyl (C=O) groups is 2. The highest BCUT2D eigenvalue weighted by atomic mass is 16.5. The maximum absolute atomic E-state index is 13.1. The number of para-hydroxylation sites is 1. The van der Waals surface area contributed by atoms with E-state index in [1.807, 2.05) is 38.1 Å². The number of benzene rings is 2. The van der Waals surface area contributed by atoms with Gasteiger partial charge in [0.15, 0.2) is 0 Å². The van der Waals surface area contributed by atoms with Crippen molar-refractivity contribution in [3.8, 4) is 11.5 Å². The molecule has 0 radical (unpaired) electrons. The van der Waals surface area contributed by atoms with Crippen LogP contribution in [0.25, 0.3) is 5.76 Å². The molecule has 170 valence electrons. The molecule has 1 atom stereocenters. The lowest BCUT2D eigenvalue weighted by Crippen LogP contribution is -2.30.